The van der Waals surface area contributed by atoms with E-state index in [0.29, 0.717) is 18.0 Å². The van der Waals surface area contributed by atoms with E-state index in [1.807, 2.05) is 42.5 Å². The minimum absolute atomic E-state index is 0.0226. The molecule has 0 aromatic heterocycles. The maximum absolute atomic E-state index is 12.7. The van der Waals surface area contributed by atoms with Crippen molar-refractivity contribution in [3.63, 3.8) is 0 Å². The van der Waals surface area contributed by atoms with Gasteiger partial charge in [-0.3, -0.25) is 14.8 Å². The van der Waals surface area contributed by atoms with Gasteiger partial charge in [0.25, 0.3) is 0 Å². The molecule has 2 aliphatic carbocycles. The van der Waals surface area contributed by atoms with Crippen LogP contribution in [-0.4, -0.2) is 24.9 Å². The van der Waals surface area contributed by atoms with Gasteiger partial charge in [0.1, 0.15) is 0 Å². The third-order valence-electron chi connectivity index (χ3n) is 7.08. The fourth-order valence-corrected chi connectivity index (χ4v) is 5.22. The number of anilines is 1. The lowest BCUT2D eigenvalue weighted by Crippen LogP contribution is -2.31. The zero-order chi connectivity index (χ0) is 24.6. The summed E-state index contributed by atoms with van der Waals surface area (Å²) in [5.41, 5.74) is 12.7. The number of nitrogens with two attached hydrogens (primary N) is 1. The highest BCUT2D eigenvalue weighted by Gasteiger charge is 2.20. The summed E-state index contributed by atoms with van der Waals surface area (Å²) >= 11 is 5.97. The van der Waals surface area contributed by atoms with Gasteiger partial charge < -0.3 is 11.1 Å². The predicted octanol–water partition coefficient (Wildman–Crippen LogP) is 6.40. The number of fused-ring (bicyclic) bond motifs is 1. The number of nitrogen functional groups attached to an aromatic ring is 1. The summed E-state index contributed by atoms with van der Waals surface area (Å²) in [4.78, 5) is 22.1. The van der Waals surface area contributed by atoms with Crippen molar-refractivity contribution >= 4 is 41.3 Å². The Bertz CT molecular complexity index is 1110. The Morgan fingerprint density at radius 2 is 1.86 bits per heavy atom. The Labute approximate surface area is 213 Å². The van der Waals surface area contributed by atoms with Gasteiger partial charge in [0, 0.05) is 22.0 Å². The van der Waals surface area contributed by atoms with Gasteiger partial charge in [-0.25, -0.2) is 0 Å². The first kappa shape index (κ1) is 25.2. The number of hydrogen-bond acceptors (Lipinski definition) is 4. The molecule has 2 aromatic rings. The van der Waals surface area contributed by atoms with Crippen molar-refractivity contribution in [3.05, 3.63) is 69.9 Å². The zero-order valence-corrected chi connectivity index (χ0v) is 21.1. The van der Waals surface area contributed by atoms with Crippen LogP contribution in [0.5, 0.6) is 0 Å². The molecule has 0 radical (unpaired) electrons. The Kier molecular flexibility index (Phi) is 8.75. The van der Waals surface area contributed by atoms with Crippen molar-refractivity contribution in [1.82, 2.24) is 5.32 Å². The molecule has 0 unspecified atom stereocenters. The van der Waals surface area contributed by atoms with Crippen LogP contribution in [0.2, 0.25) is 5.02 Å². The second kappa shape index (κ2) is 12.2. The van der Waals surface area contributed by atoms with Crippen LogP contribution in [-0.2, 0) is 17.6 Å². The maximum atomic E-state index is 12.7. The molecule has 3 N–H and O–H groups in total. The number of aryl methyl sites for hydroxylation is 1. The SMILES string of the molecule is C=NC1=C(N=C(CCC2CCCCC2)CNC(=O)Cc2ccc(Cl)cc2)c2ccc(N)cc2CC1. The average molecular weight is 491 g/mol. The number of hydrogen-bond donors (Lipinski definition) is 2. The molecule has 0 spiro atoms. The first-order valence-electron chi connectivity index (χ1n) is 12.7. The quantitative estimate of drug-likeness (QED) is 0.315. The Morgan fingerprint density at radius 3 is 2.60 bits per heavy atom. The molecule has 2 aliphatic rings. The molecule has 1 fully saturated rings. The Balaban J connectivity index is 1.53. The number of amides is 1. The normalized spacial score (nSPS) is 16.7. The zero-order valence-electron chi connectivity index (χ0n) is 20.4. The monoisotopic (exact) mass is 490 g/mol. The highest BCUT2D eigenvalue weighted by atomic mass is 35.5. The molecule has 2 aromatic carbocycles. The van der Waals surface area contributed by atoms with Crippen LogP contribution in [0, 0.1) is 5.92 Å². The van der Waals surface area contributed by atoms with Gasteiger partial charge in [-0.05, 0) is 73.7 Å². The van der Waals surface area contributed by atoms with Crippen LogP contribution in [0.1, 0.15) is 68.1 Å². The number of carbonyl (C=O) groups is 1. The highest BCUT2D eigenvalue weighted by Crippen LogP contribution is 2.34. The molecule has 0 atom stereocenters. The van der Waals surface area contributed by atoms with E-state index in [1.54, 1.807) is 0 Å². The maximum Gasteiger partial charge on any atom is 0.224 e. The molecule has 5 nitrogen and oxygen atoms in total. The molecule has 0 saturated heterocycles. The number of nitrogens with one attached hydrogen (secondary N) is 1. The van der Waals surface area contributed by atoms with E-state index in [0.717, 1.165) is 65.5 Å². The molecule has 0 aliphatic heterocycles. The second-order valence-electron chi connectivity index (χ2n) is 9.67. The van der Waals surface area contributed by atoms with Crippen LogP contribution in [0.25, 0.3) is 5.70 Å². The third kappa shape index (κ3) is 7.04. The van der Waals surface area contributed by atoms with E-state index in [4.69, 9.17) is 22.3 Å². The molecule has 1 saturated carbocycles. The summed E-state index contributed by atoms with van der Waals surface area (Å²) in [6.07, 6.45) is 10.5. The van der Waals surface area contributed by atoms with Gasteiger partial charge in [-0.15, -0.1) is 0 Å². The van der Waals surface area contributed by atoms with Crippen molar-refractivity contribution < 1.29 is 4.79 Å². The average Bonchev–Trinajstić information content (AvgIpc) is 2.87. The van der Waals surface area contributed by atoms with E-state index in [1.165, 1.54) is 37.7 Å². The summed E-state index contributed by atoms with van der Waals surface area (Å²) < 4.78 is 0. The van der Waals surface area contributed by atoms with Crippen LogP contribution >= 0.6 is 11.6 Å². The number of aliphatic imine (C=N–C) groups is 2. The van der Waals surface area contributed by atoms with Gasteiger partial charge in [-0.2, -0.15) is 0 Å². The van der Waals surface area contributed by atoms with Crippen molar-refractivity contribution in [2.75, 3.05) is 12.3 Å². The lowest BCUT2D eigenvalue weighted by atomic mass is 9.85. The fraction of sp³-hybridized carbons (Fsp3) is 0.414. The number of rotatable bonds is 9. The molecule has 0 heterocycles. The number of allylic oxidation sites excluding steroid dienone is 1. The van der Waals surface area contributed by atoms with Gasteiger partial charge in [0.05, 0.1) is 24.4 Å². The van der Waals surface area contributed by atoms with E-state index >= 15 is 0 Å². The highest BCUT2D eigenvalue weighted by molar-refractivity contribution is 6.30. The van der Waals surface area contributed by atoms with Crippen LogP contribution in [0.15, 0.2) is 58.1 Å². The molecule has 184 valence electrons. The molecule has 4 rings (SSSR count). The van der Waals surface area contributed by atoms with Gasteiger partial charge in [-0.1, -0.05) is 61.9 Å². The molecular weight excluding hydrogens is 456 g/mol. The Morgan fingerprint density at radius 1 is 1.09 bits per heavy atom. The third-order valence-corrected chi connectivity index (χ3v) is 7.34. The molecular formula is C29H35ClN4O. The molecule has 6 heteroatoms. The summed E-state index contributed by atoms with van der Waals surface area (Å²) in [5.74, 6) is 0.716. The first-order chi connectivity index (χ1) is 17.0. The van der Waals surface area contributed by atoms with Crippen LogP contribution < -0.4 is 11.1 Å². The van der Waals surface area contributed by atoms with E-state index in [2.05, 4.69) is 17.0 Å². The number of halogens is 1. The van der Waals surface area contributed by atoms with Gasteiger partial charge in [0.15, 0.2) is 0 Å². The van der Waals surface area contributed by atoms with E-state index < -0.39 is 0 Å². The summed E-state index contributed by atoms with van der Waals surface area (Å²) in [7, 11) is 0. The Hall–Kier alpha value is -2.92. The minimum atomic E-state index is -0.0226. The lowest BCUT2D eigenvalue weighted by Gasteiger charge is -2.23. The second-order valence-corrected chi connectivity index (χ2v) is 10.1. The minimum Gasteiger partial charge on any atom is -0.399 e. The fourth-order valence-electron chi connectivity index (χ4n) is 5.10. The molecule has 35 heavy (non-hydrogen) atoms. The standard InChI is InChI=1S/C29H35ClN4O/c1-32-27-16-10-22-18-24(31)13-15-26(22)29(27)34-25(14-9-20-5-3-2-4-6-20)19-33-28(35)17-21-7-11-23(30)12-8-21/h7-8,11-13,15,18,20H,1-6,9-10,14,16-17,19,31H2,(H,33,35). The lowest BCUT2D eigenvalue weighted by molar-refractivity contribution is -0.120. The van der Waals surface area contributed by atoms with E-state index in [9.17, 15) is 4.79 Å². The van der Waals surface area contributed by atoms with Gasteiger partial charge >= 0.3 is 0 Å². The van der Waals surface area contributed by atoms with Crippen molar-refractivity contribution in [1.29, 1.82) is 0 Å². The molecule has 0 bridgehead atoms. The largest absolute Gasteiger partial charge is 0.399 e. The summed E-state index contributed by atoms with van der Waals surface area (Å²) in [5, 5.41) is 3.76. The molecule has 1 amide bonds. The summed E-state index contributed by atoms with van der Waals surface area (Å²) in [6, 6.07) is 13.4. The van der Waals surface area contributed by atoms with Crippen molar-refractivity contribution in [2.24, 2.45) is 15.9 Å². The number of nitrogens with zero attached hydrogens (tertiary/aromatic N) is 2. The van der Waals surface area contributed by atoms with Crippen molar-refractivity contribution in [2.45, 2.75) is 64.2 Å². The number of benzene rings is 2. The first-order valence-corrected chi connectivity index (χ1v) is 13.1. The topological polar surface area (TPSA) is 79.8 Å². The van der Waals surface area contributed by atoms with Crippen LogP contribution in [0.4, 0.5) is 5.69 Å². The van der Waals surface area contributed by atoms with Crippen molar-refractivity contribution in [3.8, 4) is 0 Å². The summed E-state index contributed by atoms with van der Waals surface area (Å²) in [6.45, 7) is 4.23. The van der Waals surface area contributed by atoms with Gasteiger partial charge in [0.2, 0.25) is 5.91 Å². The smallest absolute Gasteiger partial charge is 0.224 e. The van der Waals surface area contributed by atoms with E-state index in [-0.39, 0.29) is 5.91 Å². The van der Waals surface area contributed by atoms with Crippen LogP contribution in [0.3, 0.4) is 0 Å². The number of carbonyl (C=O) groups excluding carboxylic acids is 1. The predicted molar refractivity (Wildman–Crippen MR) is 147 cm³/mol.